The molecular weight excluding hydrogens is 396 g/mol. The van der Waals surface area contributed by atoms with Crippen LogP contribution in [-0.2, 0) is 20.8 Å². The number of hydrogen-bond acceptors (Lipinski definition) is 6. The molecule has 7 nitrogen and oxygen atoms in total. The lowest BCUT2D eigenvalue weighted by atomic mass is 9.90. The molecule has 2 aromatic carbocycles. The van der Waals surface area contributed by atoms with Gasteiger partial charge in [-0.25, -0.2) is 9.69 Å². The summed E-state index contributed by atoms with van der Waals surface area (Å²) in [7, 11) is 1.60. The first kappa shape index (κ1) is 20.9. The van der Waals surface area contributed by atoms with Crippen molar-refractivity contribution >= 4 is 17.7 Å². The van der Waals surface area contributed by atoms with Crippen LogP contribution in [0.5, 0.6) is 5.75 Å². The third kappa shape index (κ3) is 3.87. The second-order valence-corrected chi connectivity index (χ2v) is 8.40. The molecule has 0 aliphatic carbocycles. The second kappa shape index (κ2) is 8.06. The molecule has 3 atom stereocenters. The van der Waals surface area contributed by atoms with Gasteiger partial charge in [0, 0.05) is 5.56 Å². The summed E-state index contributed by atoms with van der Waals surface area (Å²) in [5.74, 6) is -0.0274. The molecule has 31 heavy (non-hydrogen) atoms. The van der Waals surface area contributed by atoms with E-state index >= 15 is 0 Å². The zero-order valence-corrected chi connectivity index (χ0v) is 18.1. The Kier molecular flexibility index (Phi) is 5.43. The Balaban J connectivity index is 1.55. The first-order valence-electron chi connectivity index (χ1n) is 10.3. The Morgan fingerprint density at radius 1 is 1.13 bits per heavy atom. The molecule has 0 bridgehead atoms. The van der Waals surface area contributed by atoms with Gasteiger partial charge in [0.25, 0.3) is 5.91 Å². The van der Waals surface area contributed by atoms with Gasteiger partial charge in [-0.3, -0.25) is 4.79 Å². The number of cyclic esters (lactones) is 1. The Labute approximate surface area is 181 Å². The van der Waals surface area contributed by atoms with Crippen LogP contribution in [0.4, 0.5) is 4.79 Å². The van der Waals surface area contributed by atoms with Gasteiger partial charge >= 0.3 is 6.09 Å². The number of carbonyl (C=O) groups excluding carboxylic acids is 2. The maximum atomic E-state index is 13.4. The van der Waals surface area contributed by atoms with Crippen LogP contribution < -0.4 is 4.74 Å². The van der Waals surface area contributed by atoms with E-state index in [0.29, 0.717) is 12.1 Å². The molecule has 1 fully saturated rings. The summed E-state index contributed by atoms with van der Waals surface area (Å²) >= 11 is 0. The van der Waals surface area contributed by atoms with Crippen molar-refractivity contribution in [1.29, 1.82) is 0 Å². The molecule has 4 rings (SSSR count). The number of carbonyl (C=O) groups is 2. The third-order valence-corrected chi connectivity index (χ3v) is 5.95. The van der Waals surface area contributed by atoms with Gasteiger partial charge in [-0.05, 0) is 50.1 Å². The topological polar surface area (TPSA) is 77.4 Å². The van der Waals surface area contributed by atoms with Gasteiger partial charge in [0.15, 0.2) is 0 Å². The molecule has 2 aliphatic rings. The largest absolute Gasteiger partial charge is 0.497 e. The fourth-order valence-electron chi connectivity index (χ4n) is 4.10. The van der Waals surface area contributed by atoms with E-state index in [9.17, 15) is 9.59 Å². The van der Waals surface area contributed by atoms with E-state index in [2.05, 4.69) is 5.16 Å². The zero-order valence-electron chi connectivity index (χ0n) is 18.1. The quantitative estimate of drug-likeness (QED) is 0.732. The summed E-state index contributed by atoms with van der Waals surface area (Å²) in [6, 6.07) is 16.7. The molecule has 0 radical (unpaired) electrons. The van der Waals surface area contributed by atoms with E-state index in [0.717, 1.165) is 16.9 Å². The Morgan fingerprint density at radius 2 is 1.81 bits per heavy atom. The highest BCUT2D eigenvalue weighted by molar-refractivity contribution is 6.07. The van der Waals surface area contributed by atoms with Gasteiger partial charge in [0.2, 0.25) is 6.10 Å². The fourth-order valence-corrected chi connectivity index (χ4v) is 4.10. The van der Waals surface area contributed by atoms with Crippen LogP contribution in [0.3, 0.4) is 0 Å². The highest BCUT2D eigenvalue weighted by Crippen LogP contribution is 2.35. The van der Waals surface area contributed by atoms with Crippen molar-refractivity contribution in [3.63, 3.8) is 0 Å². The van der Waals surface area contributed by atoms with E-state index in [4.69, 9.17) is 14.3 Å². The van der Waals surface area contributed by atoms with Crippen LogP contribution in [0.15, 0.2) is 59.8 Å². The number of amides is 2. The maximum Gasteiger partial charge on any atom is 0.417 e. The van der Waals surface area contributed by atoms with Crippen molar-refractivity contribution < 1.29 is 23.9 Å². The smallest absolute Gasteiger partial charge is 0.417 e. The summed E-state index contributed by atoms with van der Waals surface area (Å²) < 4.78 is 10.8. The third-order valence-electron chi connectivity index (χ3n) is 5.95. The molecule has 0 N–H and O–H groups in total. The highest BCUT2D eigenvalue weighted by Gasteiger charge is 2.54. The van der Waals surface area contributed by atoms with Gasteiger partial charge in [-0.2, -0.15) is 0 Å². The number of ether oxygens (including phenoxy) is 2. The molecule has 2 aliphatic heterocycles. The summed E-state index contributed by atoms with van der Waals surface area (Å²) in [6.07, 6.45) is -1.04. The minimum atomic E-state index is -0.892. The minimum absolute atomic E-state index is 0.324. The highest BCUT2D eigenvalue weighted by atomic mass is 16.7. The van der Waals surface area contributed by atoms with E-state index < -0.39 is 29.7 Å². The van der Waals surface area contributed by atoms with Gasteiger partial charge < -0.3 is 14.3 Å². The van der Waals surface area contributed by atoms with Gasteiger partial charge in [-0.15, -0.1) is 0 Å². The van der Waals surface area contributed by atoms with E-state index in [1.54, 1.807) is 7.11 Å². The number of rotatable bonds is 5. The molecule has 0 unspecified atom stereocenters. The number of oxime groups is 1. The average molecular weight is 422 g/mol. The zero-order chi connectivity index (χ0) is 22.2. The molecule has 162 valence electrons. The van der Waals surface area contributed by atoms with Crippen molar-refractivity contribution in [3.8, 4) is 5.75 Å². The molecule has 0 saturated carbocycles. The van der Waals surface area contributed by atoms with E-state index in [1.165, 1.54) is 4.90 Å². The minimum Gasteiger partial charge on any atom is -0.497 e. The molecule has 1 saturated heterocycles. The van der Waals surface area contributed by atoms with Crippen LogP contribution in [0.25, 0.3) is 0 Å². The number of imide groups is 1. The number of benzene rings is 2. The molecule has 0 spiro atoms. The Bertz CT molecular complexity index is 1000. The van der Waals surface area contributed by atoms with Crippen LogP contribution >= 0.6 is 0 Å². The number of methoxy groups -OCH3 is 1. The lowest BCUT2D eigenvalue weighted by Crippen LogP contribution is -2.51. The maximum absolute atomic E-state index is 13.4. The molecule has 0 aromatic heterocycles. The summed E-state index contributed by atoms with van der Waals surface area (Å²) in [4.78, 5) is 32.9. The van der Waals surface area contributed by atoms with Gasteiger partial charge in [0.05, 0.1) is 24.8 Å². The van der Waals surface area contributed by atoms with Crippen molar-refractivity contribution in [2.45, 2.75) is 44.9 Å². The molecule has 7 heteroatoms. The normalized spacial score (nSPS) is 24.4. The predicted octanol–water partition coefficient (Wildman–Crippen LogP) is 3.80. The van der Waals surface area contributed by atoms with Crippen LogP contribution in [0.1, 0.15) is 31.9 Å². The molecule has 2 amide bonds. The first-order valence-corrected chi connectivity index (χ1v) is 10.3. The lowest BCUT2D eigenvalue weighted by molar-refractivity contribution is -0.142. The summed E-state index contributed by atoms with van der Waals surface area (Å²) in [5.41, 5.74) is 1.71. The van der Waals surface area contributed by atoms with Crippen molar-refractivity contribution in [1.82, 2.24) is 4.90 Å². The summed E-state index contributed by atoms with van der Waals surface area (Å²) in [6.45, 7) is 5.52. The van der Waals surface area contributed by atoms with Crippen molar-refractivity contribution in [2.75, 3.05) is 7.11 Å². The molecular formula is C24H26N2O5. The van der Waals surface area contributed by atoms with Crippen molar-refractivity contribution in [2.24, 2.45) is 11.1 Å². The second-order valence-electron chi connectivity index (χ2n) is 8.40. The predicted molar refractivity (Wildman–Crippen MR) is 115 cm³/mol. The van der Waals surface area contributed by atoms with E-state index in [1.807, 2.05) is 75.4 Å². The van der Waals surface area contributed by atoms with Gasteiger partial charge in [0.1, 0.15) is 11.4 Å². The van der Waals surface area contributed by atoms with Crippen LogP contribution in [0, 0.1) is 5.92 Å². The van der Waals surface area contributed by atoms with Gasteiger partial charge in [-0.1, -0.05) is 42.4 Å². The SMILES string of the molecule is COc1ccc(C2=NO[C@H](C(=O)N3C(=O)OC(C)(C)[C@@H]3Cc3ccccc3)[C@H]2C)cc1. The first-order chi connectivity index (χ1) is 14.8. The molecule has 2 heterocycles. The standard InChI is InChI=1S/C24H26N2O5/c1-15-20(17-10-12-18(29-4)13-11-17)25-31-21(15)22(27)26-19(24(2,3)30-23(26)28)14-16-8-6-5-7-9-16/h5-13,15,19,21H,14H2,1-4H3/t15-,19-,21-/m0/s1. The number of hydrogen-bond donors (Lipinski definition) is 0. The Hall–Kier alpha value is -3.35. The summed E-state index contributed by atoms with van der Waals surface area (Å²) in [5, 5.41) is 4.16. The van der Waals surface area contributed by atoms with Crippen LogP contribution in [0.2, 0.25) is 0 Å². The lowest BCUT2D eigenvalue weighted by Gasteiger charge is -2.29. The van der Waals surface area contributed by atoms with Crippen molar-refractivity contribution in [3.05, 3.63) is 65.7 Å². The Morgan fingerprint density at radius 3 is 2.45 bits per heavy atom. The monoisotopic (exact) mass is 422 g/mol. The number of nitrogens with zero attached hydrogens (tertiary/aromatic N) is 2. The fraction of sp³-hybridized carbons (Fsp3) is 0.375. The van der Waals surface area contributed by atoms with E-state index in [-0.39, 0.29) is 5.92 Å². The molecule has 2 aromatic rings. The average Bonchev–Trinajstić information content (AvgIpc) is 3.24. The van der Waals surface area contributed by atoms with Crippen LogP contribution in [-0.4, -0.2) is 47.5 Å².